The lowest BCUT2D eigenvalue weighted by atomic mass is 10.1. The quantitative estimate of drug-likeness (QED) is 0.611. The Morgan fingerprint density at radius 1 is 1.36 bits per heavy atom. The molecule has 4 heteroatoms. The second-order valence-electron chi connectivity index (χ2n) is 2.77. The van der Waals surface area contributed by atoms with Gasteiger partial charge in [-0.05, 0) is 12.5 Å². The first kappa shape index (κ1) is 11.0. The molecule has 1 rings (SSSR count). The van der Waals surface area contributed by atoms with E-state index in [1.54, 1.807) is 12.2 Å². The third kappa shape index (κ3) is 2.70. The van der Waals surface area contributed by atoms with Gasteiger partial charge in [-0.15, -0.1) is 11.6 Å². The number of halogens is 3. The van der Waals surface area contributed by atoms with Crippen molar-refractivity contribution in [1.29, 1.82) is 0 Å². The van der Waals surface area contributed by atoms with E-state index in [-0.39, 0.29) is 5.69 Å². The molecule has 0 fully saturated rings. The summed E-state index contributed by atoms with van der Waals surface area (Å²) >= 11 is 5.44. The van der Waals surface area contributed by atoms with Gasteiger partial charge in [0.1, 0.15) is 11.6 Å². The highest BCUT2D eigenvalue weighted by atomic mass is 35.5. The van der Waals surface area contributed by atoms with Crippen LogP contribution in [-0.2, 0) is 0 Å². The van der Waals surface area contributed by atoms with Crippen LogP contribution in [0.15, 0.2) is 18.2 Å². The number of hydrogen-bond donors (Lipinski definition) is 1. The van der Waals surface area contributed by atoms with Gasteiger partial charge in [0.15, 0.2) is 0 Å². The number of nitrogen functional groups attached to an aromatic ring is 1. The minimum atomic E-state index is -0.740. The van der Waals surface area contributed by atoms with Crippen LogP contribution in [0.3, 0.4) is 0 Å². The Balaban J connectivity index is 2.96. The van der Waals surface area contributed by atoms with Gasteiger partial charge in [0.2, 0.25) is 0 Å². The molecule has 0 heterocycles. The molecule has 14 heavy (non-hydrogen) atoms. The van der Waals surface area contributed by atoms with Crippen molar-refractivity contribution in [3.05, 3.63) is 35.4 Å². The molecule has 1 aromatic rings. The maximum Gasteiger partial charge on any atom is 0.149 e. The molecule has 0 aliphatic carbocycles. The van der Waals surface area contributed by atoms with Crippen molar-refractivity contribution >= 4 is 23.4 Å². The number of alkyl halides is 1. The van der Waals surface area contributed by atoms with E-state index in [9.17, 15) is 8.78 Å². The summed E-state index contributed by atoms with van der Waals surface area (Å²) in [6.07, 6.45) is 3.92. The van der Waals surface area contributed by atoms with Crippen LogP contribution in [0.2, 0.25) is 0 Å². The van der Waals surface area contributed by atoms with Gasteiger partial charge in [-0.3, -0.25) is 0 Å². The second-order valence-corrected chi connectivity index (χ2v) is 3.15. The summed E-state index contributed by atoms with van der Waals surface area (Å²) in [5.41, 5.74) is 5.70. The molecule has 0 aliphatic heterocycles. The minimum Gasteiger partial charge on any atom is -0.396 e. The second kappa shape index (κ2) is 4.96. The normalized spacial score (nSPS) is 11.1. The average Bonchev–Trinajstić information content (AvgIpc) is 2.13. The Bertz CT molecular complexity index is 350. The maximum absolute atomic E-state index is 12.9. The number of allylic oxidation sites excluding steroid dienone is 1. The topological polar surface area (TPSA) is 26.0 Å². The number of anilines is 1. The fraction of sp³-hybridized carbons (Fsp3) is 0.200. The molecular formula is C10H10ClF2N. The smallest absolute Gasteiger partial charge is 0.149 e. The van der Waals surface area contributed by atoms with Crippen LogP contribution >= 0.6 is 11.6 Å². The molecule has 1 aromatic carbocycles. The molecule has 0 aromatic heterocycles. The van der Waals surface area contributed by atoms with E-state index in [0.29, 0.717) is 17.9 Å². The molecule has 0 spiro atoms. The maximum atomic E-state index is 12.9. The predicted molar refractivity (Wildman–Crippen MR) is 55.1 cm³/mol. The zero-order valence-electron chi connectivity index (χ0n) is 7.43. The highest BCUT2D eigenvalue weighted by Gasteiger charge is 2.04. The fourth-order valence-corrected chi connectivity index (χ4v) is 1.14. The van der Waals surface area contributed by atoms with E-state index < -0.39 is 11.6 Å². The van der Waals surface area contributed by atoms with Gasteiger partial charge in [-0.1, -0.05) is 12.2 Å². The van der Waals surface area contributed by atoms with Crippen molar-refractivity contribution in [3.8, 4) is 0 Å². The zero-order chi connectivity index (χ0) is 10.6. The van der Waals surface area contributed by atoms with Crippen LogP contribution in [0.25, 0.3) is 6.08 Å². The first-order valence-electron chi connectivity index (χ1n) is 4.12. The van der Waals surface area contributed by atoms with Crippen molar-refractivity contribution < 1.29 is 8.78 Å². The summed E-state index contributed by atoms with van der Waals surface area (Å²) < 4.78 is 25.7. The van der Waals surface area contributed by atoms with E-state index in [0.717, 1.165) is 6.07 Å². The van der Waals surface area contributed by atoms with Gasteiger partial charge >= 0.3 is 0 Å². The molecule has 0 saturated heterocycles. The lowest BCUT2D eigenvalue weighted by Crippen LogP contribution is -1.95. The van der Waals surface area contributed by atoms with E-state index in [1.807, 2.05) is 0 Å². The van der Waals surface area contributed by atoms with Gasteiger partial charge < -0.3 is 5.73 Å². The lowest BCUT2D eigenvalue weighted by Gasteiger charge is -2.01. The van der Waals surface area contributed by atoms with Crippen molar-refractivity contribution in [2.75, 3.05) is 11.6 Å². The van der Waals surface area contributed by atoms with Crippen LogP contribution in [0.4, 0.5) is 14.5 Å². The van der Waals surface area contributed by atoms with Crippen molar-refractivity contribution in [1.82, 2.24) is 0 Å². The molecule has 0 bridgehead atoms. The standard InChI is InChI=1S/C10H10ClF2N/c11-4-2-1-3-7-5-8(12)6-9(13)10(7)14/h1,3,5-6H,2,4,14H2. The summed E-state index contributed by atoms with van der Waals surface area (Å²) in [6.45, 7) is 0. The predicted octanol–water partition coefficient (Wildman–Crippen LogP) is 3.19. The summed E-state index contributed by atoms with van der Waals surface area (Å²) in [5.74, 6) is -0.911. The molecule has 76 valence electrons. The number of benzene rings is 1. The Labute approximate surface area is 86.2 Å². The van der Waals surface area contributed by atoms with Gasteiger partial charge in [0.25, 0.3) is 0 Å². The van der Waals surface area contributed by atoms with Crippen molar-refractivity contribution in [2.45, 2.75) is 6.42 Å². The van der Waals surface area contributed by atoms with Crippen LogP contribution in [0.1, 0.15) is 12.0 Å². The molecule has 0 unspecified atom stereocenters. The molecule has 0 saturated carbocycles. The molecule has 0 atom stereocenters. The third-order valence-corrected chi connectivity index (χ3v) is 1.92. The first-order valence-corrected chi connectivity index (χ1v) is 4.65. The van der Waals surface area contributed by atoms with E-state index in [1.165, 1.54) is 6.07 Å². The summed E-state index contributed by atoms with van der Waals surface area (Å²) in [4.78, 5) is 0. The Kier molecular flexibility index (Phi) is 3.89. The molecule has 0 aliphatic rings. The lowest BCUT2D eigenvalue weighted by molar-refractivity contribution is 0.586. The fourth-order valence-electron chi connectivity index (χ4n) is 1.02. The van der Waals surface area contributed by atoms with Crippen LogP contribution < -0.4 is 5.73 Å². The van der Waals surface area contributed by atoms with E-state index >= 15 is 0 Å². The van der Waals surface area contributed by atoms with Gasteiger partial charge in [-0.25, -0.2) is 8.78 Å². The van der Waals surface area contributed by atoms with E-state index in [2.05, 4.69) is 0 Å². The molecule has 0 amide bonds. The number of rotatable bonds is 3. The third-order valence-electron chi connectivity index (χ3n) is 1.70. The van der Waals surface area contributed by atoms with Crippen LogP contribution in [0.5, 0.6) is 0 Å². The molecule has 0 radical (unpaired) electrons. The molecular weight excluding hydrogens is 208 g/mol. The Morgan fingerprint density at radius 2 is 2.07 bits per heavy atom. The van der Waals surface area contributed by atoms with Crippen LogP contribution in [-0.4, -0.2) is 5.88 Å². The largest absolute Gasteiger partial charge is 0.396 e. The molecule has 2 N–H and O–H groups in total. The van der Waals surface area contributed by atoms with Crippen molar-refractivity contribution in [3.63, 3.8) is 0 Å². The highest BCUT2D eigenvalue weighted by molar-refractivity contribution is 6.17. The monoisotopic (exact) mass is 217 g/mol. The SMILES string of the molecule is Nc1c(F)cc(F)cc1C=CCCCl. The zero-order valence-corrected chi connectivity index (χ0v) is 8.19. The first-order chi connectivity index (χ1) is 6.65. The summed E-state index contributed by atoms with van der Waals surface area (Å²) in [7, 11) is 0. The van der Waals surface area contributed by atoms with Gasteiger partial charge in [0, 0.05) is 17.5 Å². The molecule has 1 nitrogen and oxygen atoms in total. The Hall–Kier alpha value is -1.09. The number of hydrogen-bond acceptors (Lipinski definition) is 1. The number of nitrogens with two attached hydrogens (primary N) is 1. The highest BCUT2D eigenvalue weighted by Crippen LogP contribution is 2.19. The van der Waals surface area contributed by atoms with Gasteiger partial charge in [0.05, 0.1) is 5.69 Å². The van der Waals surface area contributed by atoms with Crippen molar-refractivity contribution in [2.24, 2.45) is 0 Å². The Morgan fingerprint density at radius 3 is 2.71 bits per heavy atom. The van der Waals surface area contributed by atoms with E-state index in [4.69, 9.17) is 17.3 Å². The summed E-state index contributed by atoms with van der Waals surface area (Å²) in [6, 6.07) is 1.94. The van der Waals surface area contributed by atoms with Crippen LogP contribution in [0, 0.1) is 11.6 Å². The summed E-state index contributed by atoms with van der Waals surface area (Å²) in [5, 5.41) is 0. The minimum absolute atomic E-state index is 0.0442. The van der Waals surface area contributed by atoms with Gasteiger partial charge in [-0.2, -0.15) is 0 Å². The average molecular weight is 218 g/mol.